The van der Waals surface area contributed by atoms with Crippen LogP contribution in [0.4, 0.5) is 0 Å². The van der Waals surface area contributed by atoms with E-state index in [2.05, 4.69) is 10.3 Å². The van der Waals surface area contributed by atoms with Crippen molar-refractivity contribution in [2.24, 2.45) is 0 Å². The number of carbonyl (C=O) groups is 2. The molecule has 0 unspecified atom stereocenters. The Morgan fingerprint density at radius 3 is 2.70 bits per heavy atom. The standard InChI is InChI=1S/C17H14ClN3O2/c1-11(22)21-10-14(13-4-2-3-5-15(13)21)17(23)20-9-12-6-7-16(18)19-8-12/h2-8,10H,9H2,1H3,(H,20,23). The molecule has 0 bridgehead atoms. The van der Waals surface area contributed by atoms with Crippen LogP contribution in [-0.2, 0) is 6.54 Å². The van der Waals surface area contributed by atoms with Gasteiger partial charge in [0.15, 0.2) is 0 Å². The van der Waals surface area contributed by atoms with Crippen LogP contribution >= 0.6 is 11.6 Å². The smallest absolute Gasteiger partial charge is 0.253 e. The van der Waals surface area contributed by atoms with Gasteiger partial charge >= 0.3 is 0 Å². The highest BCUT2D eigenvalue weighted by Gasteiger charge is 2.16. The first-order valence-corrected chi connectivity index (χ1v) is 7.43. The number of benzene rings is 1. The molecule has 5 nitrogen and oxygen atoms in total. The van der Waals surface area contributed by atoms with Crippen LogP contribution in [0.15, 0.2) is 48.8 Å². The van der Waals surface area contributed by atoms with Crippen molar-refractivity contribution < 1.29 is 9.59 Å². The fourth-order valence-electron chi connectivity index (χ4n) is 2.41. The molecule has 2 heterocycles. The Hall–Kier alpha value is -2.66. The third kappa shape index (κ3) is 3.10. The molecule has 0 fully saturated rings. The molecule has 23 heavy (non-hydrogen) atoms. The summed E-state index contributed by atoms with van der Waals surface area (Å²) in [5.41, 5.74) is 2.04. The lowest BCUT2D eigenvalue weighted by atomic mass is 10.1. The Balaban J connectivity index is 1.86. The molecule has 1 amide bonds. The molecule has 0 aliphatic heterocycles. The molecular formula is C17H14ClN3O2. The number of nitrogens with one attached hydrogen (secondary N) is 1. The fraction of sp³-hybridized carbons (Fsp3) is 0.118. The van der Waals surface area contributed by atoms with Crippen LogP contribution in [0.25, 0.3) is 10.9 Å². The molecule has 1 N–H and O–H groups in total. The second-order valence-corrected chi connectivity index (χ2v) is 5.51. The highest BCUT2D eigenvalue weighted by atomic mass is 35.5. The van der Waals surface area contributed by atoms with E-state index in [1.807, 2.05) is 24.3 Å². The molecule has 0 aliphatic carbocycles. The first-order valence-electron chi connectivity index (χ1n) is 7.06. The summed E-state index contributed by atoms with van der Waals surface area (Å²) in [4.78, 5) is 28.1. The number of nitrogens with zero attached hydrogens (tertiary/aromatic N) is 2. The van der Waals surface area contributed by atoms with E-state index in [1.165, 1.54) is 11.5 Å². The van der Waals surface area contributed by atoms with E-state index in [0.29, 0.717) is 17.3 Å². The number of halogens is 1. The number of aromatic nitrogens is 2. The summed E-state index contributed by atoms with van der Waals surface area (Å²) in [6, 6.07) is 10.8. The maximum absolute atomic E-state index is 12.5. The van der Waals surface area contributed by atoms with Gasteiger partial charge in [0.25, 0.3) is 5.91 Å². The highest BCUT2D eigenvalue weighted by Crippen LogP contribution is 2.21. The molecular weight excluding hydrogens is 314 g/mol. The Bertz CT molecular complexity index is 884. The molecule has 3 aromatic rings. The van der Waals surface area contributed by atoms with Gasteiger partial charge in [-0.1, -0.05) is 35.9 Å². The van der Waals surface area contributed by atoms with Gasteiger partial charge in [0.2, 0.25) is 5.91 Å². The quantitative estimate of drug-likeness (QED) is 0.751. The number of hydrogen-bond donors (Lipinski definition) is 1. The number of fused-ring (bicyclic) bond motifs is 1. The average molecular weight is 328 g/mol. The third-order valence-electron chi connectivity index (χ3n) is 3.54. The van der Waals surface area contributed by atoms with Crippen LogP contribution < -0.4 is 5.32 Å². The maximum Gasteiger partial charge on any atom is 0.253 e. The number of carbonyl (C=O) groups excluding carboxylic acids is 2. The molecule has 2 aromatic heterocycles. The zero-order valence-electron chi connectivity index (χ0n) is 12.4. The summed E-state index contributed by atoms with van der Waals surface area (Å²) >= 11 is 5.73. The second-order valence-electron chi connectivity index (χ2n) is 5.12. The zero-order valence-corrected chi connectivity index (χ0v) is 13.2. The minimum Gasteiger partial charge on any atom is -0.348 e. The van der Waals surface area contributed by atoms with Crippen LogP contribution in [-0.4, -0.2) is 21.4 Å². The topological polar surface area (TPSA) is 64.0 Å². The molecule has 1 aromatic carbocycles. The van der Waals surface area contributed by atoms with Gasteiger partial charge in [0, 0.05) is 31.2 Å². The molecule has 116 valence electrons. The van der Waals surface area contributed by atoms with E-state index in [4.69, 9.17) is 11.6 Å². The van der Waals surface area contributed by atoms with Gasteiger partial charge in [0.05, 0.1) is 11.1 Å². The van der Waals surface area contributed by atoms with Gasteiger partial charge in [-0.3, -0.25) is 14.2 Å². The van der Waals surface area contributed by atoms with Crippen LogP contribution in [0, 0.1) is 0 Å². The predicted octanol–water partition coefficient (Wildman–Crippen LogP) is 3.28. The number of pyridine rings is 1. The van der Waals surface area contributed by atoms with Crippen molar-refractivity contribution in [3.8, 4) is 0 Å². The van der Waals surface area contributed by atoms with Crippen LogP contribution in [0.2, 0.25) is 5.15 Å². The van der Waals surface area contributed by atoms with Crippen molar-refractivity contribution >= 4 is 34.3 Å². The van der Waals surface area contributed by atoms with Gasteiger partial charge in [-0.25, -0.2) is 4.98 Å². The summed E-state index contributed by atoms with van der Waals surface area (Å²) in [5, 5.41) is 3.98. The van der Waals surface area contributed by atoms with E-state index in [9.17, 15) is 9.59 Å². The first kappa shape index (κ1) is 15.2. The molecule has 0 radical (unpaired) electrons. The minimum absolute atomic E-state index is 0.137. The Kier molecular flexibility index (Phi) is 4.12. The maximum atomic E-state index is 12.5. The second kappa shape index (κ2) is 6.22. The molecule has 6 heteroatoms. The summed E-state index contributed by atoms with van der Waals surface area (Å²) in [6.45, 7) is 1.80. The SMILES string of the molecule is CC(=O)n1cc(C(=O)NCc2ccc(Cl)nc2)c2ccccc21. The largest absolute Gasteiger partial charge is 0.348 e. The zero-order chi connectivity index (χ0) is 16.4. The van der Waals surface area contributed by atoms with Crippen molar-refractivity contribution in [2.75, 3.05) is 0 Å². The van der Waals surface area contributed by atoms with E-state index in [-0.39, 0.29) is 11.8 Å². The summed E-state index contributed by atoms with van der Waals surface area (Å²) in [7, 11) is 0. The molecule has 0 atom stereocenters. The van der Waals surface area contributed by atoms with Crippen LogP contribution in [0.3, 0.4) is 0 Å². The van der Waals surface area contributed by atoms with E-state index < -0.39 is 0 Å². The molecule has 0 saturated carbocycles. The molecule has 0 aliphatic rings. The Labute approximate surface area is 137 Å². The van der Waals surface area contributed by atoms with Crippen molar-refractivity contribution in [2.45, 2.75) is 13.5 Å². The van der Waals surface area contributed by atoms with E-state index >= 15 is 0 Å². The van der Waals surface area contributed by atoms with E-state index in [0.717, 1.165) is 16.5 Å². The summed E-state index contributed by atoms with van der Waals surface area (Å²) in [6.07, 6.45) is 3.18. The van der Waals surface area contributed by atoms with Gasteiger partial charge in [-0.2, -0.15) is 0 Å². The minimum atomic E-state index is -0.240. The predicted molar refractivity (Wildman–Crippen MR) is 88.7 cm³/mol. The normalized spacial score (nSPS) is 10.7. The van der Waals surface area contributed by atoms with Gasteiger partial charge in [0.1, 0.15) is 5.15 Å². The number of rotatable bonds is 3. The van der Waals surface area contributed by atoms with E-state index in [1.54, 1.807) is 24.5 Å². The molecule has 0 spiro atoms. The lowest BCUT2D eigenvalue weighted by Gasteiger charge is -2.04. The fourth-order valence-corrected chi connectivity index (χ4v) is 2.52. The number of amides is 1. The lowest BCUT2D eigenvalue weighted by molar-refractivity contribution is 0.0941. The molecule has 3 rings (SSSR count). The van der Waals surface area contributed by atoms with Gasteiger partial charge < -0.3 is 5.32 Å². The molecule has 0 saturated heterocycles. The average Bonchev–Trinajstić information content (AvgIpc) is 2.94. The van der Waals surface area contributed by atoms with Crippen molar-refractivity contribution in [1.29, 1.82) is 0 Å². The Morgan fingerprint density at radius 2 is 2.00 bits per heavy atom. The monoisotopic (exact) mass is 327 g/mol. The van der Waals surface area contributed by atoms with Crippen molar-refractivity contribution in [3.05, 3.63) is 65.1 Å². The van der Waals surface area contributed by atoms with Crippen molar-refractivity contribution in [1.82, 2.24) is 14.9 Å². The summed E-state index contributed by atoms with van der Waals surface area (Å²) in [5.74, 6) is -0.377. The summed E-state index contributed by atoms with van der Waals surface area (Å²) < 4.78 is 1.48. The van der Waals surface area contributed by atoms with Crippen molar-refractivity contribution in [3.63, 3.8) is 0 Å². The third-order valence-corrected chi connectivity index (χ3v) is 3.76. The highest BCUT2D eigenvalue weighted by molar-refractivity contribution is 6.29. The Morgan fingerprint density at radius 1 is 1.22 bits per heavy atom. The number of hydrogen-bond acceptors (Lipinski definition) is 3. The van der Waals surface area contributed by atoms with Gasteiger partial charge in [-0.15, -0.1) is 0 Å². The van der Waals surface area contributed by atoms with Crippen LogP contribution in [0.5, 0.6) is 0 Å². The van der Waals surface area contributed by atoms with Gasteiger partial charge in [-0.05, 0) is 17.7 Å². The lowest BCUT2D eigenvalue weighted by Crippen LogP contribution is -2.22. The first-order chi connectivity index (χ1) is 11.1. The number of para-hydroxylation sites is 1. The van der Waals surface area contributed by atoms with Crippen LogP contribution in [0.1, 0.15) is 27.6 Å².